The number of hydrogen-bond donors (Lipinski definition) is 3. The van der Waals surface area contributed by atoms with E-state index in [2.05, 4.69) is 25.2 Å². The summed E-state index contributed by atoms with van der Waals surface area (Å²) in [7, 11) is -3.84. The Hall–Kier alpha value is -4.14. The molecule has 3 aromatic carbocycles. The molecule has 3 atom stereocenters. The van der Waals surface area contributed by atoms with Crippen molar-refractivity contribution in [2.45, 2.75) is 62.6 Å². The van der Waals surface area contributed by atoms with E-state index in [0.717, 1.165) is 29.1 Å². The lowest BCUT2D eigenvalue weighted by molar-refractivity contribution is -0.123. The van der Waals surface area contributed by atoms with Crippen LogP contribution in [0, 0.1) is 0 Å². The Morgan fingerprint density at radius 2 is 1.37 bits per heavy atom. The van der Waals surface area contributed by atoms with Crippen molar-refractivity contribution in [1.82, 2.24) is 25.2 Å². The minimum absolute atomic E-state index is 0.132. The zero-order valence-electron chi connectivity index (χ0n) is 28.7. The Balaban J connectivity index is 1.30. The van der Waals surface area contributed by atoms with Gasteiger partial charge in [-0.25, -0.2) is 17.9 Å². The quantitative estimate of drug-likeness (QED) is 0.126. The predicted molar refractivity (Wildman–Crippen MR) is 199 cm³/mol. The summed E-state index contributed by atoms with van der Waals surface area (Å²) < 4.78 is 40.5. The first-order valence-corrected chi connectivity index (χ1v) is 19.9. The van der Waals surface area contributed by atoms with Crippen LogP contribution in [0.3, 0.4) is 0 Å². The second-order valence-corrected chi connectivity index (χ2v) is 15.4. The summed E-state index contributed by atoms with van der Waals surface area (Å²) in [5.41, 5.74) is 4.43. The smallest absolute Gasteiger partial charge is 0.407 e. The van der Waals surface area contributed by atoms with E-state index in [1.807, 2.05) is 66.7 Å². The molecule has 11 nitrogen and oxygen atoms in total. The van der Waals surface area contributed by atoms with Crippen LogP contribution >= 0.6 is 11.3 Å². The maximum Gasteiger partial charge on any atom is 0.407 e. The molecule has 5 rings (SSSR count). The van der Waals surface area contributed by atoms with Crippen LogP contribution in [-0.2, 0) is 49.5 Å². The topological polar surface area (TPSA) is 139 Å². The van der Waals surface area contributed by atoms with E-state index in [1.165, 1.54) is 11.3 Å². The second kappa shape index (κ2) is 20.0. The summed E-state index contributed by atoms with van der Waals surface area (Å²) in [6.45, 7) is 3.34. The van der Waals surface area contributed by atoms with Gasteiger partial charge in [0.15, 0.2) is 0 Å². The van der Waals surface area contributed by atoms with Gasteiger partial charge in [0.25, 0.3) is 0 Å². The Morgan fingerprint density at radius 3 is 1.94 bits per heavy atom. The molecule has 0 radical (unpaired) electrons. The fraction of sp³-hybridized carbons (Fsp3) is 0.395. The fourth-order valence-corrected chi connectivity index (χ4v) is 7.92. The van der Waals surface area contributed by atoms with E-state index in [0.29, 0.717) is 57.4 Å². The van der Waals surface area contributed by atoms with Crippen LogP contribution in [0.1, 0.15) is 40.8 Å². The van der Waals surface area contributed by atoms with Crippen molar-refractivity contribution >= 4 is 33.4 Å². The van der Waals surface area contributed by atoms with Gasteiger partial charge in [-0.3, -0.25) is 14.7 Å². The number of rotatable bonds is 19. The molecule has 3 N–H and O–H groups in total. The number of nitrogens with zero attached hydrogens (tertiary/aromatic N) is 2. The summed E-state index contributed by atoms with van der Waals surface area (Å²) >= 11 is 1.42. The number of carbonyl (C=O) groups excluding carboxylic acids is 2. The molecule has 3 unspecified atom stereocenters. The molecule has 0 aliphatic carbocycles. The van der Waals surface area contributed by atoms with Crippen molar-refractivity contribution < 1.29 is 27.5 Å². The molecule has 4 aromatic rings. The molecule has 2 heterocycles. The van der Waals surface area contributed by atoms with Crippen LogP contribution in [0.25, 0.3) is 0 Å². The minimum Gasteiger partial charge on any atom is -0.444 e. The molecule has 0 spiro atoms. The summed E-state index contributed by atoms with van der Waals surface area (Å²) in [6, 6.07) is 27.1. The normalized spacial score (nSPS) is 15.4. The number of ether oxygens (including phenoxy) is 2. The average Bonchev–Trinajstić information content (AvgIpc) is 3.67. The van der Waals surface area contributed by atoms with Crippen LogP contribution in [0.2, 0.25) is 0 Å². The van der Waals surface area contributed by atoms with Crippen molar-refractivity contribution in [2.24, 2.45) is 0 Å². The average molecular weight is 734 g/mol. The van der Waals surface area contributed by atoms with Crippen molar-refractivity contribution in [2.75, 3.05) is 32.8 Å². The van der Waals surface area contributed by atoms with Crippen LogP contribution < -0.4 is 15.4 Å². The Kier molecular flexibility index (Phi) is 15.0. The number of hydrogen-bond acceptors (Lipinski definition) is 9. The van der Waals surface area contributed by atoms with Gasteiger partial charge in [-0.2, -0.15) is 0 Å². The van der Waals surface area contributed by atoms with Gasteiger partial charge in [0, 0.05) is 37.9 Å². The number of aromatic nitrogens is 1. The van der Waals surface area contributed by atoms with Crippen molar-refractivity contribution in [3.05, 3.63) is 124 Å². The van der Waals surface area contributed by atoms with Crippen molar-refractivity contribution in [3.8, 4) is 0 Å². The van der Waals surface area contributed by atoms with Gasteiger partial charge in [-0.1, -0.05) is 91.0 Å². The molecule has 13 heteroatoms. The van der Waals surface area contributed by atoms with Crippen LogP contribution in [0.5, 0.6) is 0 Å². The molecule has 1 saturated heterocycles. The third-order valence-electron chi connectivity index (χ3n) is 8.69. The van der Waals surface area contributed by atoms with E-state index in [1.54, 1.807) is 36.0 Å². The fourth-order valence-electron chi connectivity index (χ4n) is 6.04. The zero-order valence-corrected chi connectivity index (χ0v) is 30.3. The van der Waals surface area contributed by atoms with Gasteiger partial charge >= 0.3 is 6.09 Å². The Morgan fingerprint density at radius 1 is 0.804 bits per heavy atom. The molecule has 51 heavy (non-hydrogen) atoms. The number of sulfonamides is 1. The molecular weight excluding hydrogens is 687 g/mol. The molecule has 1 aliphatic heterocycles. The van der Waals surface area contributed by atoms with Gasteiger partial charge in [-0.05, 0) is 48.8 Å². The maximum absolute atomic E-state index is 14.1. The lowest BCUT2D eigenvalue weighted by Crippen LogP contribution is -2.52. The molecule has 0 bridgehead atoms. The number of thiazole rings is 1. The standard InChI is InChI=1S/C38H47N5O6S2/c44-37(36(18-19-43-20-22-48-23-21-43)42-51(46,47)28-32-14-8-3-9-15-32)40-33(24-30-10-4-1-5-11-30)16-17-34(25-31-12-6-2-7-13-31)41-38(45)49-27-35-26-39-29-50-35/h1-15,26,29,33-34,36,42H,16-25,27-28H2,(H,40,44)(H,41,45). The van der Waals surface area contributed by atoms with E-state index in [-0.39, 0.29) is 30.4 Å². The number of morpholine rings is 1. The van der Waals surface area contributed by atoms with Gasteiger partial charge in [0.1, 0.15) is 12.6 Å². The third kappa shape index (κ3) is 13.8. The van der Waals surface area contributed by atoms with Crippen LogP contribution in [-0.4, -0.2) is 81.3 Å². The van der Waals surface area contributed by atoms with Gasteiger partial charge in [0.05, 0.1) is 29.4 Å². The van der Waals surface area contributed by atoms with Gasteiger partial charge in [-0.15, -0.1) is 11.3 Å². The number of nitrogens with one attached hydrogen (secondary N) is 3. The SMILES string of the molecule is O=C(NC(CCC(Cc1ccccc1)NC(=O)C(CCN1CCOCC1)NS(=O)(=O)Cc1ccccc1)Cc1ccccc1)OCc1cncs1. The minimum atomic E-state index is -3.84. The maximum atomic E-state index is 14.1. The lowest BCUT2D eigenvalue weighted by atomic mass is 9.95. The molecule has 2 amide bonds. The Bertz CT molecular complexity index is 1710. The predicted octanol–water partition coefficient (Wildman–Crippen LogP) is 4.70. The van der Waals surface area contributed by atoms with E-state index in [4.69, 9.17) is 9.47 Å². The summed E-state index contributed by atoms with van der Waals surface area (Å²) in [5.74, 6) is -0.605. The van der Waals surface area contributed by atoms with E-state index >= 15 is 0 Å². The third-order valence-corrected chi connectivity index (χ3v) is 10.8. The highest BCUT2D eigenvalue weighted by molar-refractivity contribution is 7.88. The molecule has 0 saturated carbocycles. The first-order chi connectivity index (χ1) is 24.8. The first kappa shape index (κ1) is 38.1. The zero-order chi connectivity index (χ0) is 35.7. The van der Waals surface area contributed by atoms with Gasteiger partial charge in [0.2, 0.25) is 15.9 Å². The monoisotopic (exact) mass is 733 g/mol. The van der Waals surface area contributed by atoms with Crippen LogP contribution in [0.15, 0.2) is 103 Å². The molecule has 272 valence electrons. The first-order valence-electron chi connectivity index (χ1n) is 17.3. The number of benzene rings is 3. The Labute approximate surface area is 304 Å². The highest BCUT2D eigenvalue weighted by Crippen LogP contribution is 2.15. The highest BCUT2D eigenvalue weighted by atomic mass is 32.2. The summed E-state index contributed by atoms with van der Waals surface area (Å²) in [4.78, 5) is 34.1. The number of alkyl carbamates (subject to hydrolysis) is 1. The second-order valence-electron chi connectivity index (χ2n) is 12.7. The van der Waals surface area contributed by atoms with Gasteiger partial charge < -0.3 is 20.1 Å². The van der Waals surface area contributed by atoms with E-state index in [9.17, 15) is 18.0 Å². The van der Waals surface area contributed by atoms with Crippen molar-refractivity contribution in [3.63, 3.8) is 0 Å². The molecule has 1 fully saturated rings. The van der Waals surface area contributed by atoms with E-state index < -0.39 is 22.2 Å². The molecule has 1 aliphatic rings. The summed E-state index contributed by atoms with van der Waals surface area (Å²) in [5, 5.41) is 6.23. The lowest BCUT2D eigenvalue weighted by Gasteiger charge is -2.29. The largest absolute Gasteiger partial charge is 0.444 e. The van der Waals surface area contributed by atoms with Crippen molar-refractivity contribution in [1.29, 1.82) is 0 Å². The highest BCUT2D eigenvalue weighted by Gasteiger charge is 2.28. The number of carbonyl (C=O) groups is 2. The summed E-state index contributed by atoms with van der Waals surface area (Å²) in [6.07, 6.45) is 3.63. The van der Waals surface area contributed by atoms with Crippen LogP contribution in [0.4, 0.5) is 4.79 Å². The number of amides is 2. The molecular formula is C38H47N5O6S2. The molecule has 1 aromatic heterocycles.